The Hall–Kier alpha value is 0.177. The molecule has 1 aliphatic carbocycles. The van der Waals surface area contributed by atoms with Gasteiger partial charge in [-0.25, -0.2) is 0 Å². The van der Waals surface area contributed by atoms with Gasteiger partial charge in [0.15, 0.2) is 0 Å². The standard InChI is InChI=1S/C11H24OSi/c1-13(2,3)9-8-12-10-11-6-4-5-7-11/h11H,4-10H2,1-3H3. The Labute approximate surface area is 83.9 Å². The van der Waals surface area contributed by atoms with Crippen LogP contribution in [0, 0.1) is 5.92 Å². The van der Waals surface area contributed by atoms with Gasteiger partial charge < -0.3 is 4.74 Å². The van der Waals surface area contributed by atoms with Gasteiger partial charge in [-0.3, -0.25) is 0 Å². The van der Waals surface area contributed by atoms with Crippen LogP contribution in [0.3, 0.4) is 0 Å². The monoisotopic (exact) mass is 200 g/mol. The van der Waals surface area contributed by atoms with Gasteiger partial charge in [-0.1, -0.05) is 32.5 Å². The van der Waals surface area contributed by atoms with E-state index in [2.05, 4.69) is 19.6 Å². The Bertz CT molecular complexity index is 134. The fourth-order valence-electron chi connectivity index (χ4n) is 1.81. The third kappa shape index (κ3) is 5.48. The summed E-state index contributed by atoms with van der Waals surface area (Å²) in [7, 11) is -0.859. The van der Waals surface area contributed by atoms with Gasteiger partial charge in [0, 0.05) is 21.3 Å². The summed E-state index contributed by atoms with van der Waals surface area (Å²) < 4.78 is 5.73. The third-order valence-electron chi connectivity index (χ3n) is 2.82. The number of ether oxygens (including phenoxy) is 1. The average molecular weight is 200 g/mol. The van der Waals surface area contributed by atoms with Gasteiger partial charge in [0.25, 0.3) is 0 Å². The largest absolute Gasteiger partial charge is 0.381 e. The van der Waals surface area contributed by atoms with Crippen LogP contribution in [-0.4, -0.2) is 21.3 Å². The molecule has 0 radical (unpaired) electrons. The molecular weight excluding hydrogens is 176 g/mol. The maximum Gasteiger partial charge on any atom is 0.0494 e. The molecule has 2 heteroatoms. The van der Waals surface area contributed by atoms with Gasteiger partial charge in [-0.15, -0.1) is 0 Å². The van der Waals surface area contributed by atoms with E-state index < -0.39 is 8.07 Å². The van der Waals surface area contributed by atoms with E-state index in [1.807, 2.05) is 0 Å². The lowest BCUT2D eigenvalue weighted by atomic mass is 10.1. The van der Waals surface area contributed by atoms with Crippen LogP contribution in [0.2, 0.25) is 25.7 Å². The van der Waals surface area contributed by atoms with E-state index in [0.717, 1.165) is 19.1 Å². The highest BCUT2D eigenvalue weighted by atomic mass is 28.3. The second-order valence-corrected chi connectivity index (χ2v) is 11.2. The molecule has 0 saturated heterocycles. The van der Waals surface area contributed by atoms with E-state index in [1.54, 1.807) is 0 Å². The lowest BCUT2D eigenvalue weighted by molar-refractivity contribution is 0.112. The summed E-state index contributed by atoms with van der Waals surface area (Å²) in [6.45, 7) is 9.26. The van der Waals surface area contributed by atoms with E-state index in [9.17, 15) is 0 Å². The van der Waals surface area contributed by atoms with Gasteiger partial charge in [-0.05, 0) is 24.8 Å². The maximum atomic E-state index is 5.73. The summed E-state index contributed by atoms with van der Waals surface area (Å²) in [5.74, 6) is 0.890. The second kappa shape index (κ2) is 5.16. The topological polar surface area (TPSA) is 9.23 Å². The summed E-state index contributed by atoms with van der Waals surface area (Å²) in [4.78, 5) is 0. The molecule has 0 spiro atoms. The van der Waals surface area contributed by atoms with Crippen molar-refractivity contribution in [1.82, 2.24) is 0 Å². The van der Waals surface area contributed by atoms with Crippen LogP contribution < -0.4 is 0 Å². The van der Waals surface area contributed by atoms with Crippen molar-refractivity contribution in [1.29, 1.82) is 0 Å². The van der Waals surface area contributed by atoms with Crippen molar-refractivity contribution in [3.8, 4) is 0 Å². The summed E-state index contributed by atoms with van der Waals surface area (Å²) >= 11 is 0. The van der Waals surface area contributed by atoms with Gasteiger partial charge in [0.05, 0.1) is 0 Å². The normalized spacial score (nSPS) is 19.6. The number of rotatable bonds is 5. The number of hydrogen-bond donors (Lipinski definition) is 0. The van der Waals surface area contributed by atoms with Crippen molar-refractivity contribution in [2.24, 2.45) is 5.92 Å². The van der Waals surface area contributed by atoms with Crippen LogP contribution in [0.1, 0.15) is 25.7 Å². The SMILES string of the molecule is C[Si](C)(C)CCOCC1CCCC1. The van der Waals surface area contributed by atoms with E-state index in [0.29, 0.717) is 0 Å². The van der Waals surface area contributed by atoms with Gasteiger partial charge in [0.2, 0.25) is 0 Å². The van der Waals surface area contributed by atoms with E-state index in [1.165, 1.54) is 31.7 Å². The highest BCUT2D eigenvalue weighted by Gasteiger charge is 2.16. The van der Waals surface area contributed by atoms with Crippen molar-refractivity contribution in [3.05, 3.63) is 0 Å². The first-order valence-corrected chi connectivity index (χ1v) is 9.36. The van der Waals surface area contributed by atoms with E-state index in [4.69, 9.17) is 4.74 Å². The molecule has 78 valence electrons. The van der Waals surface area contributed by atoms with E-state index >= 15 is 0 Å². The minimum absolute atomic E-state index is 0.859. The number of hydrogen-bond acceptors (Lipinski definition) is 1. The maximum absolute atomic E-state index is 5.73. The predicted octanol–water partition coefficient (Wildman–Crippen LogP) is 3.53. The molecule has 0 N–H and O–H groups in total. The Balaban J connectivity index is 1.94. The zero-order chi connectivity index (χ0) is 9.73. The van der Waals surface area contributed by atoms with Crippen LogP contribution in [-0.2, 0) is 4.74 Å². The van der Waals surface area contributed by atoms with Crippen molar-refractivity contribution >= 4 is 8.07 Å². The molecule has 1 aliphatic rings. The average Bonchev–Trinajstić information content (AvgIpc) is 2.48. The molecule has 1 fully saturated rings. The molecule has 0 heterocycles. The summed E-state index contributed by atoms with van der Waals surface area (Å²) in [6.07, 6.45) is 5.68. The van der Waals surface area contributed by atoms with Crippen molar-refractivity contribution < 1.29 is 4.74 Å². The molecule has 0 amide bonds. The molecule has 0 aromatic heterocycles. The van der Waals surface area contributed by atoms with Crippen LogP contribution >= 0.6 is 0 Å². The lowest BCUT2D eigenvalue weighted by Gasteiger charge is -2.16. The lowest BCUT2D eigenvalue weighted by Crippen LogP contribution is -2.22. The molecule has 0 unspecified atom stereocenters. The van der Waals surface area contributed by atoms with Gasteiger partial charge in [0.1, 0.15) is 0 Å². The highest BCUT2D eigenvalue weighted by molar-refractivity contribution is 6.76. The molecule has 1 nitrogen and oxygen atoms in total. The van der Waals surface area contributed by atoms with Crippen LogP contribution in [0.25, 0.3) is 0 Å². The second-order valence-electron chi connectivity index (χ2n) is 5.54. The molecule has 0 aromatic rings. The molecule has 1 rings (SSSR count). The Morgan fingerprint density at radius 1 is 1.15 bits per heavy atom. The first-order valence-electron chi connectivity index (χ1n) is 5.66. The Morgan fingerprint density at radius 2 is 1.77 bits per heavy atom. The van der Waals surface area contributed by atoms with Gasteiger partial charge >= 0.3 is 0 Å². The zero-order valence-corrected chi connectivity index (χ0v) is 10.4. The predicted molar refractivity (Wildman–Crippen MR) is 60.9 cm³/mol. The summed E-state index contributed by atoms with van der Waals surface area (Å²) in [5, 5.41) is 0. The Kier molecular flexibility index (Phi) is 4.46. The van der Waals surface area contributed by atoms with Gasteiger partial charge in [-0.2, -0.15) is 0 Å². The van der Waals surface area contributed by atoms with Crippen LogP contribution in [0.15, 0.2) is 0 Å². The minimum Gasteiger partial charge on any atom is -0.381 e. The van der Waals surface area contributed by atoms with Crippen molar-refractivity contribution in [2.75, 3.05) is 13.2 Å². The molecule has 0 atom stereocenters. The molecule has 1 saturated carbocycles. The molecular formula is C11H24OSi. The zero-order valence-electron chi connectivity index (χ0n) is 9.44. The van der Waals surface area contributed by atoms with Crippen molar-refractivity contribution in [3.63, 3.8) is 0 Å². The third-order valence-corrected chi connectivity index (χ3v) is 4.53. The smallest absolute Gasteiger partial charge is 0.0494 e. The van der Waals surface area contributed by atoms with E-state index in [-0.39, 0.29) is 0 Å². The van der Waals surface area contributed by atoms with Crippen LogP contribution in [0.4, 0.5) is 0 Å². The quantitative estimate of drug-likeness (QED) is 0.487. The van der Waals surface area contributed by atoms with Crippen LogP contribution in [0.5, 0.6) is 0 Å². The summed E-state index contributed by atoms with van der Waals surface area (Å²) in [6, 6.07) is 1.32. The highest BCUT2D eigenvalue weighted by Crippen LogP contribution is 2.24. The minimum atomic E-state index is -0.859. The summed E-state index contributed by atoms with van der Waals surface area (Å²) in [5.41, 5.74) is 0. The first-order chi connectivity index (χ1) is 6.08. The Morgan fingerprint density at radius 3 is 2.31 bits per heavy atom. The molecule has 0 bridgehead atoms. The first kappa shape index (κ1) is 11.3. The fraction of sp³-hybridized carbons (Fsp3) is 1.00. The molecule has 0 aromatic carbocycles. The molecule has 13 heavy (non-hydrogen) atoms. The molecule has 0 aliphatic heterocycles. The fourth-order valence-corrected chi connectivity index (χ4v) is 2.56. The van der Waals surface area contributed by atoms with Crippen molar-refractivity contribution in [2.45, 2.75) is 51.4 Å².